The summed E-state index contributed by atoms with van der Waals surface area (Å²) in [5.41, 5.74) is 3.20. The molecule has 4 heterocycles. The minimum Gasteiger partial charge on any atom is -0.443 e. The van der Waals surface area contributed by atoms with Crippen molar-refractivity contribution in [1.82, 2.24) is 20.3 Å². The van der Waals surface area contributed by atoms with Gasteiger partial charge in [-0.2, -0.15) is 14.8 Å². The average Bonchev–Trinajstić information content (AvgIpc) is 4.49. The number of nitrogens with one attached hydrogen (secondary N) is 3. The summed E-state index contributed by atoms with van der Waals surface area (Å²) in [5.74, 6) is 0.0228. The first-order valence-electron chi connectivity index (χ1n) is 28.7. The smallest absolute Gasteiger partial charge is 0.407 e. The summed E-state index contributed by atoms with van der Waals surface area (Å²) in [7, 11) is -2.48. The van der Waals surface area contributed by atoms with Gasteiger partial charge in [-0.1, -0.05) is 124 Å². The van der Waals surface area contributed by atoms with Crippen molar-refractivity contribution in [3.63, 3.8) is 0 Å². The van der Waals surface area contributed by atoms with Gasteiger partial charge in [0, 0.05) is 49.7 Å². The number of rotatable bonds is 25. The highest BCUT2D eigenvalue weighted by Gasteiger charge is 2.46. The van der Waals surface area contributed by atoms with Crippen LogP contribution < -0.4 is 16.0 Å². The Morgan fingerprint density at radius 2 is 1.09 bits per heavy atom. The van der Waals surface area contributed by atoms with Gasteiger partial charge in [0.05, 0.1) is 84.5 Å². The Bertz CT molecular complexity index is 3040. The summed E-state index contributed by atoms with van der Waals surface area (Å²) >= 11 is 0. The van der Waals surface area contributed by atoms with Crippen molar-refractivity contribution in [2.45, 2.75) is 152 Å². The number of benzene rings is 4. The fourth-order valence-corrected chi connectivity index (χ4v) is 12.7. The first kappa shape index (κ1) is 68.4. The monoisotopic (exact) mass is 1230 g/mol. The lowest BCUT2D eigenvalue weighted by molar-refractivity contribution is -0.0909. The van der Waals surface area contributed by atoms with Crippen molar-refractivity contribution in [1.29, 1.82) is 10.5 Å². The number of carbonyl (C=O) groups excluding carboxylic acids is 2. The number of hydrogen-bond donors (Lipinski definition) is 5. The van der Waals surface area contributed by atoms with Gasteiger partial charge in [-0.05, 0) is 98.6 Å². The van der Waals surface area contributed by atoms with E-state index in [4.69, 9.17) is 49.6 Å². The SMILES string of the molecule is CC(C)(CCC#N)CNCC(O)C(Cc1ccccc1)NC(=O)OC1COC2OCCC12.Cc1ccc(S(=O)(=O)Cl)cc1.Cc1ccc(S(=O)(=O)N(CC(O)C(Cc2ccccc2)NC(=O)OC2COC3OCCC23)CC(C)(C)CCC#N)cc1. The number of sulfonamides is 1. The van der Waals surface area contributed by atoms with Gasteiger partial charge in [0.15, 0.2) is 12.6 Å². The molecule has 0 bridgehead atoms. The molecule has 0 saturated carbocycles. The van der Waals surface area contributed by atoms with E-state index in [2.05, 4.69) is 41.9 Å². The molecule has 4 aromatic rings. The van der Waals surface area contributed by atoms with Crippen LogP contribution in [-0.4, -0.2) is 145 Å². The van der Waals surface area contributed by atoms with Gasteiger partial charge < -0.3 is 54.6 Å². The molecular weight excluding hydrogens is 1150 g/mol. The van der Waals surface area contributed by atoms with Gasteiger partial charge in [0.1, 0.15) is 12.2 Å². The van der Waals surface area contributed by atoms with Crippen LogP contribution in [0.1, 0.15) is 88.5 Å². The van der Waals surface area contributed by atoms with E-state index < -0.39 is 67.1 Å². The van der Waals surface area contributed by atoms with Crippen molar-refractivity contribution in [2.24, 2.45) is 22.7 Å². The van der Waals surface area contributed by atoms with Crippen LogP contribution in [0.3, 0.4) is 0 Å². The maximum atomic E-state index is 13.9. The molecule has 4 fully saturated rings. The third-order valence-electron chi connectivity index (χ3n) is 15.4. The Morgan fingerprint density at radius 3 is 1.54 bits per heavy atom. The highest BCUT2D eigenvalue weighted by atomic mass is 35.7. The van der Waals surface area contributed by atoms with Crippen LogP contribution in [0.25, 0.3) is 0 Å². The predicted molar refractivity (Wildman–Crippen MR) is 319 cm³/mol. The van der Waals surface area contributed by atoms with Crippen LogP contribution in [-0.2, 0) is 60.3 Å². The molecule has 2 amide bonds. The largest absolute Gasteiger partial charge is 0.443 e. The molecule has 0 aromatic heterocycles. The minimum atomic E-state index is -4.02. The summed E-state index contributed by atoms with van der Waals surface area (Å²) in [6.07, 6.45) is -0.509. The summed E-state index contributed by atoms with van der Waals surface area (Å²) in [4.78, 5) is 26.0. The van der Waals surface area contributed by atoms with Gasteiger partial charge in [-0.3, -0.25) is 0 Å². The second-order valence-electron chi connectivity index (χ2n) is 23.6. The normalized spacial score (nSPS) is 21.5. The van der Waals surface area contributed by atoms with Crippen LogP contribution in [0.2, 0.25) is 0 Å². The lowest BCUT2D eigenvalue weighted by Gasteiger charge is -2.35. The van der Waals surface area contributed by atoms with Crippen molar-refractivity contribution in [2.75, 3.05) is 52.6 Å². The van der Waals surface area contributed by atoms with Crippen LogP contribution in [0.5, 0.6) is 0 Å². The number of aryl methyl sites for hydroxylation is 2. The molecule has 0 radical (unpaired) electrons. The van der Waals surface area contributed by atoms with E-state index in [1.807, 2.05) is 88.4 Å². The van der Waals surface area contributed by atoms with Crippen molar-refractivity contribution < 1.29 is 65.1 Å². The van der Waals surface area contributed by atoms with Crippen LogP contribution in [0, 0.1) is 59.2 Å². The van der Waals surface area contributed by atoms with E-state index >= 15 is 0 Å². The van der Waals surface area contributed by atoms with Gasteiger partial charge in [0.2, 0.25) is 10.0 Å². The Labute approximate surface area is 505 Å². The molecule has 10 atom stereocenters. The molecule has 5 N–H and O–H groups in total. The number of aliphatic hydroxyl groups is 2. The van der Waals surface area contributed by atoms with Crippen molar-refractivity contribution in [3.05, 3.63) is 131 Å². The summed E-state index contributed by atoms with van der Waals surface area (Å²) in [5, 5.41) is 49.3. The molecule has 4 aromatic carbocycles. The molecule has 85 heavy (non-hydrogen) atoms. The van der Waals surface area contributed by atoms with Gasteiger partial charge in [-0.25, -0.2) is 26.4 Å². The minimum absolute atomic E-state index is 0.0426. The number of hydrogen-bond acceptors (Lipinski definition) is 17. The second kappa shape index (κ2) is 32.3. The lowest BCUT2D eigenvalue weighted by atomic mass is 9.88. The predicted octanol–water partition coefficient (Wildman–Crippen LogP) is 8.06. The van der Waals surface area contributed by atoms with Crippen LogP contribution in [0.4, 0.5) is 9.59 Å². The van der Waals surface area contributed by atoms with Crippen molar-refractivity contribution in [3.8, 4) is 12.1 Å². The van der Waals surface area contributed by atoms with Crippen LogP contribution >= 0.6 is 10.7 Å². The average molecular weight is 1240 g/mol. The molecule has 8 rings (SSSR count). The zero-order valence-corrected chi connectivity index (χ0v) is 51.7. The first-order chi connectivity index (χ1) is 40.4. The van der Waals surface area contributed by atoms with E-state index in [1.54, 1.807) is 36.4 Å². The zero-order valence-electron chi connectivity index (χ0n) is 49.3. The van der Waals surface area contributed by atoms with E-state index in [0.29, 0.717) is 52.2 Å². The molecule has 0 aliphatic carbocycles. The van der Waals surface area contributed by atoms with Crippen LogP contribution in [0.15, 0.2) is 119 Å². The van der Waals surface area contributed by atoms with E-state index in [0.717, 1.165) is 41.5 Å². The Hall–Kier alpha value is -5.73. The number of nitriles is 2. The molecular formula is C62H83ClN6O14S2. The van der Waals surface area contributed by atoms with Gasteiger partial charge in [-0.15, -0.1) is 0 Å². The first-order valence-corrected chi connectivity index (χ1v) is 32.5. The number of carbonyl (C=O) groups is 2. The number of halogens is 1. The maximum absolute atomic E-state index is 13.9. The van der Waals surface area contributed by atoms with Crippen molar-refractivity contribution >= 4 is 41.9 Å². The number of amides is 2. The third-order valence-corrected chi connectivity index (χ3v) is 18.6. The Morgan fingerprint density at radius 1 is 0.659 bits per heavy atom. The molecule has 4 aliphatic heterocycles. The molecule has 0 spiro atoms. The highest BCUT2D eigenvalue weighted by molar-refractivity contribution is 8.13. The molecule has 10 unspecified atom stereocenters. The molecule has 20 nitrogen and oxygen atoms in total. The summed E-state index contributed by atoms with van der Waals surface area (Å²) in [6.45, 7) is 14.2. The number of aliphatic hydroxyl groups excluding tert-OH is 2. The number of alkyl carbamates (subject to hydrolysis) is 2. The van der Waals surface area contributed by atoms with E-state index in [9.17, 15) is 36.6 Å². The standard InChI is InChI=1S/C31H41N3O7S.C24H35N3O5.C7H7ClO2S/c1-22-10-12-24(13-11-22)42(37,38)34(21-31(2,3)15-7-16-32)19-27(35)26(18-23-8-5-4-6-9-23)33-30(36)41-28-20-40-29-25(28)14-17-39-29;1-24(2,10-6-11-25)16-26-14-20(28)19(13-17-7-4-3-5-8-17)27-23(29)32-21-15-31-22-18(21)9-12-30-22;1-6-2-4-7(5-3-6)11(8,9)10/h4-6,8-13,25-29,35H,7,14-15,17-21H2,1-3H3,(H,33,36);3-5,7-8,18-22,26,28H,6,9-10,12-16H2,1-2H3,(H,27,29);2-5H,1H3. The molecule has 464 valence electrons. The molecule has 4 aliphatic rings. The summed E-state index contributed by atoms with van der Waals surface area (Å²) in [6, 6.07) is 35.0. The second-order valence-corrected chi connectivity index (χ2v) is 28.1. The molecule has 4 saturated heterocycles. The highest BCUT2D eigenvalue weighted by Crippen LogP contribution is 2.35. The lowest BCUT2D eigenvalue weighted by Crippen LogP contribution is -2.52. The zero-order chi connectivity index (χ0) is 61.8. The maximum Gasteiger partial charge on any atom is 0.407 e. The molecule has 23 heteroatoms. The topological polar surface area (TPSA) is 285 Å². The quantitative estimate of drug-likeness (QED) is 0.0392. The number of ether oxygens (including phenoxy) is 6. The van der Waals surface area contributed by atoms with E-state index in [-0.39, 0.29) is 78.3 Å². The van der Waals surface area contributed by atoms with E-state index in [1.165, 1.54) is 16.4 Å². The Kier molecular flexibility index (Phi) is 26.0. The van der Waals surface area contributed by atoms with Gasteiger partial charge >= 0.3 is 12.2 Å². The fourth-order valence-electron chi connectivity index (χ4n) is 10.3. The fraction of sp³-hybridized carbons (Fsp3) is 0.548. The number of fused-ring (bicyclic) bond motifs is 2. The van der Waals surface area contributed by atoms with Gasteiger partial charge in [0.25, 0.3) is 9.05 Å². The Balaban J connectivity index is 0.000000236. The number of nitrogens with zero attached hydrogens (tertiary/aromatic N) is 3. The third kappa shape index (κ3) is 21.9. The summed E-state index contributed by atoms with van der Waals surface area (Å²) < 4.78 is 83.9.